The van der Waals surface area contributed by atoms with E-state index >= 15 is 0 Å². The van der Waals surface area contributed by atoms with Crippen LogP contribution in [0.3, 0.4) is 0 Å². The molecule has 0 spiro atoms. The minimum absolute atomic E-state index is 0.181. The molecule has 0 bridgehead atoms. The summed E-state index contributed by atoms with van der Waals surface area (Å²) in [6, 6.07) is 6.06. The summed E-state index contributed by atoms with van der Waals surface area (Å²) in [5, 5.41) is 14.5. The van der Waals surface area contributed by atoms with Gasteiger partial charge in [-0.3, -0.25) is 4.79 Å². The maximum Gasteiger partial charge on any atom is 0.251 e. The average Bonchev–Trinajstić information content (AvgIpc) is 2.90. The van der Waals surface area contributed by atoms with Gasteiger partial charge in [0.2, 0.25) is 0 Å². The number of hydrogen-bond acceptors (Lipinski definition) is 3. The maximum absolute atomic E-state index is 12.1. The molecule has 2 atom stereocenters. The molecule has 0 saturated heterocycles. The molecule has 1 amide bonds. The van der Waals surface area contributed by atoms with Crippen molar-refractivity contribution >= 4 is 22.8 Å². The number of carbonyl (C=O) groups excluding carboxylic acids is 2. The molecule has 0 aliphatic carbocycles. The maximum atomic E-state index is 12.1. The fourth-order valence-electron chi connectivity index (χ4n) is 2.09. The number of fused-ring (bicyclic) bond motifs is 1. The van der Waals surface area contributed by atoms with E-state index in [9.17, 15) is 14.7 Å². The molecule has 1 aromatic heterocycles. The summed E-state index contributed by atoms with van der Waals surface area (Å²) in [6.07, 6.45) is 2.44. The Morgan fingerprint density at radius 1 is 1.35 bits per heavy atom. The minimum Gasteiger partial charge on any atom is -0.548 e. The number of aromatic amines is 1. The van der Waals surface area contributed by atoms with Crippen molar-refractivity contribution in [1.82, 2.24) is 10.3 Å². The number of aromatic nitrogens is 1. The fourth-order valence-corrected chi connectivity index (χ4v) is 2.09. The van der Waals surface area contributed by atoms with Crippen LogP contribution in [-0.2, 0) is 4.79 Å². The number of nitrogens with one attached hydrogen (secondary N) is 2. The molecule has 5 heteroatoms. The second-order valence-corrected chi connectivity index (χ2v) is 4.94. The highest BCUT2D eigenvalue weighted by molar-refractivity contribution is 5.99. The Balaban J connectivity index is 2.19. The van der Waals surface area contributed by atoms with Crippen LogP contribution in [0.25, 0.3) is 10.9 Å². The highest BCUT2D eigenvalue weighted by Gasteiger charge is 2.20. The van der Waals surface area contributed by atoms with Gasteiger partial charge in [-0.15, -0.1) is 0 Å². The van der Waals surface area contributed by atoms with Crippen LogP contribution in [0.15, 0.2) is 30.5 Å². The Morgan fingerprint density at radius 3 is 2.75 bits per heavy atom. The Morgan fingerprint density at radius 2 is 2.10 bits per heavy atom. The first-order valence-corrected chi connectivity index (χ1v) is 6.61. The van der Waals surface area contributed by atoms with Crippen molar-refractivity contribution in [3.05, 3.63) is 36.0 Å². The van der Waals surface area contributed by atoms with E-state index < -0.39 is 17.9 Å². The second kappa shape index (κ2) is 5.77. The van der Waals surface area contributed by atoms with Gasteiger partial charge in [-0.1, -0.05) is 20.3 Å². The summed E-state index contributed by atoms with van der Waals surface area (Å²) < 4.78 is 0. The van der Waals surface area contributed by atoms with Gasteiger partial charge in [-0.2, -0.15) is 0 Å². The van der Waals surface area contributed by atoms with Crippen LogP contribution in [0.5, 0.6) is 0 Å². The number of carboxylic acids is 1. The third-order valence-electron chi connectivity index (χ3n) is 3.57. The smallest absolute Gasteiger partial charge is 0.251 e. The summed E-state index contributed by atoms with van der Waals surface area (Å²) in [5.74, 6) is -1.84. The molecular formula is C15H17N2O3-. The van der Waals surface area contributed by atoms with Crippen LogP contribution in [0, 0.1) is 5.92 Å². The quantitative estimate of drug-likeness (QED) is 0.854. The molecule has 106 valence electrons. The van der Waals surface area contributed by atoms with Crippen LogP contribution in [0.1, 0.15) is 30.6 Å². The van der Waals surface area contributed by atoms with E-state index in [-0.39, 0.29) is 5.92 Å². The molecule has 0 saturated carbocycles. The Labute approximate surface area is 117 Å². The zero-order chi connectivity index (χ0) is 14.7. The van der Waals surface area contributed by atoms with Crippen LogP contribution >= 0.6 is 0 Å². The molecule has 2 aromatic rings. The zero-order valence-electron chi connectivity index (χ0n) is 11.5. The van der Waals surface area contributed by atoms with E-state index in [1.54, 1.807) is 31.3 Å². The number of benzene rings is 1. The van der Waals surface area contributed by atoms with Gasteiger partial charge in [0.05, 0.1) is 12.0 Å². The van der Waals surface area contributed by atoms with Crippen molar-refractivity contribution in [3.63, 3.8) is 0 Å². The molecule has 0 aliphatic rings. The lowest BCUT2D eigenvalue weighted by Gasteiger charge is -2.25. The summed E-state index contributed by atoms with van der Waals surface area (Å²) in [4.78, 5) is 26.3. The third-order valence-corrected chi connectivity index (χ3v) is 3.57. The Bertz CT molecular complexity index is 633. The predicted octanol–water partition coefficient (Wildman–Crippen LogP) is 1.06. The fraction of sp³-hybridized carbons (Fsp3) is 0.333. The van der Waals surface area contributed by atoms with Gasteiger partial charge in [-0.05, 0) is 30.2 Å². The first-order valence-electron chi connectivity index (χ1n) is 6.61. The van der Waals surface area contributed by atoms with Gasteiger partial charge in [0.15, 0.2) is 0 Å². The average molecular weight is 273 g/mol. The molecule has 0 aliphatic heterocycles. The molecule has 0 unspecified atom stereocenters. The number of amides is 1. The molecule has 0 fully saturated rings. The minimum atomic E-state index is -1.25. The normalized spacial score (nSPS) is 13.9. The number of H-pyrrole nitrogens is 1. The molecule has 20 heavy (non-hydrogen) atoms. The van der Waals surface area contributed by atoms with E-state index in [1.165, 1.54) is 0 Å². The lowest BCUT2D eigenvalue weighted by molar-refractivity contribution is -0.309. The first kappa shape index (κ1) is 14.1. The molecule has 1 heterocycles. The van der Waals surface area contributed by atoms with Crippen molar-refractivity contribution in [2.45, 2.75) is 26.3 Å². The van der Waals surface area contributed by atoms with Crippen LogP contribution in [0.4, 0.5) is 0 Å². The number of aliphatic carboxylic acids is 1. The van der Waals surface area contributed by atoms with Crippen LogP contribution in [-0.4, -0.2) is 22.9 Å². The van der Waals surface area contributed by atoms with Gasteiger partial charge >= 0.3 is 0 Å². The van der Waals surface area contributed by atoms with Gasteiger partial charge in [0, 0.05) is 22.7 Å². The summed E-state index contributed by atoms with van der Waals surface area (Å²) in [6.45, 7) is 3.65. The number of carboxylic acid groups (broad SMARTS) is 1. The monoisotopic (exact) mass is 273 g/mol. The predicted molar refractivity (Wildman–Crippen MR) is 74.0 cm³/mol. The number of rotatable bonds is 5. The molecule has 2 N–H and O–H groups in total. The number of carbonyl (C=O) groups is 2. The van der Waals surface area contributed by atoms with E-state index in [0.717, 1.165) is 10.9 Å². The Kier molecular flexibility index (Phi) is 4.08. The Hall–Kier alpha value is -2.30. The standard InChI is InChI=1S/C15H18N2O3/c1-3-9(2)13(15(19)20)17-14(18)11-4-5-12-10(8-11)6-7-16-12/h4-9,13,16H,3H2,1-2H3,(H,17,18)(H,19,20)/p-1/t9-,13-/m1/s1. The van der Waals surface area contributed by atoms with Crippen molar-refractivity contribution in [3.8, 4) is 0 Å². The van der Waals surface area contributed by atoms with Crippen molar-refractivity contribution in [2.75, 3.05) is 0 Å². The van der Waals surface area contributed by atoms with Crippen molar-refractivity contribution in [1.29, 1.82) is 0 Å². The van der Waals surface area contributed by atoms with E-state index in [4.69, 9.17) is 0 Å². The molecular weight excluding hydrogens is 256 g/mol. The highest BCUT2D eigenvalue weighted by Crippen LogP contribution is 2.15. The summed E-state index contributed by atoms with van der Waals surface area (Å²) in [5.41, 5.74) is 1.37. The third kappa shape index (κ3) is 2.82. The van der Waals surface area contributed by atoms with E-state index in [1.807, 2.05) is 13.0 Å². The summed E-state index contributed by atoms with van der Waals surface area (Å²) >= 11 is 0. The molecule has 5 nitrogen and oxygen atoms in total. The molecule has 1 aromatic carbocycles. The lowest BCUT2D eigenvalue weighted by atomic mass is 9.99. The van der Waals surface area contributed by atoms with Crippen molar-refractivity contribution in [2.24, 2.45) is 5.92 Å². The van der Waals surface area contributed by atoms with Gasteiger partial charge < -0.3 is 20.2 Å². The molecule has 0 radical (unpaired) electrons. The summed E-state index contributed by atoms with van der Waals surface area (Å²) in [7, 11) is 0. The van der Waals surface area contributed by atoms with Crippen LogP contribution in [0.2, 0.25) is 0 Å². The topological polar surface area (TPSA) is 85.0 Å². The highest BCUT2D eigenvalue weighted by atomic mass is 16.4. The van der Waals surface area contributed by atoms with Gasteiger partial charge in [0.1, 0.15) is 0 Å². The largest absolute Gasteiger partial charge is 0.548 e. The van der Waals surface area contributed by atoms with Crippen LogP contribution < -0.4 is 10.4 Å². The van der Waals surface area contributed by atoms with Crippen molar-refractivity contribution < 1.29 is 14.7 Å². The SMILES string of the molecule is CC[C@@H](C)[C@@H](NC(=O)c1ccc2[nH]ccc2c1)C(=O)[O-]. The van der Waals surface area contributed by atoms with E-state index in [2.05, 4.69) is 10.3 Å². The van der Waals surface area contributed by atoms with Gasteiger partial charge in [0.25, 0.3) is 5.91 Å². The molecule has 2 rings (SSSR count). The second-order valence-electron chi connectivity index (χ2n) is 4.94. The zero-order valence-corrected chi connectivity index (χ0v) is 11.5. The lowest BCUT2D eigenvalue weighted by Crippen LogP contribution is -2.51. The van der Waals surface area contributed by atoms with E-state index in [0.29, 0.717) is 12.0 Å². The number of hydrogen-bond donors (Lipinski definition) is 2. The van der Waals surface area contributed by atoms with Gasteiger partial charge in [-0.25, -0.2) is 0 Å². The first-order chi connectivity index (χ1) is 9.52.